The summed E-state index contributed by atoms with van der Waals surface area (Å²) < 4.78 is 21.6. The average molecular weight is 215 g/mol. The summed E-state index contributed by atoms with van der Waals surface area (Å²) in [5.41, 5.74) is 0.0212. The van der Waals surface area contributed by atoms with Gasteiger partial charge in [0.25, 0.3) is 0 Å². The van der Waals surface area contributed by atoms with Crippen molar-refractivity contribution < 1.29 is 8.42 Å². The molecule has 3 nitrogen and oxygen atoms in total. The monoisotopic (exact) mass is 215 g/mol. The molecule has 0 bridgehead atoms. The van der Waals surface area contributed by atoms with Crippen LogP contribution in [-0.2, 0) is 9.84 Å². The van der Waals surface area contributed by atoms with E-state index in [0.29, 0.717) is 6.54 Å². The van der Waals surface area contributed by atoms with E-state index in [0.717, 1.165) is 0 Å². The van der Waals surface area contributed by atoms with Crippen molar-refractivity contribution in [1.82, 2.24) is 5.32 Å². The third-order valence-electron chi connectivity index (χ3n) is 1.85. The third kappa shape index (κ3) is 4.12. The van der Waals surface area contributed by atoms with Crippen molar-refractivity contribution in [3.05, 3.63) is 0 Å². The van der Waals surface area contributed by atoms with Crippen molar-refractivity contribution in [2.24, 2.45) is 5.41 Å². The van der Waals surface area contributed by atoms with Crippen molar-refractivity contribution in [3.63, 3.8) is 0 Å². The second kappa shape index (κ2) is 3.92. The third-order valence-corrected chi connectivity index (χ3v) is 3.67. The molecule has 1 fully saturated rings. The molecular weight excluding hydrogens is 198 g/mol. The number of rotatable bonds is 2. The fourth-order valence-corrected chi connectivity index (χ4v) is 2.55. The van der Waals surface area contributed by atoms with E-state index in [2.05, 4.69) is 17.2 Å². The first-order chi connectivity index (χ1) is 6.29. The standard InChI is InChI=1S/C10H17NO2S/c1-10(2,3)5-4-6-11-9-7-14(12,13)8-9/h9,11H,6-8H2,1-3H3. The van der Waals surface area contributed by atoms with Crippen LogP contribution in [0.5, 0.6) is 0 Å². The maximum absolute atomic E-state index is 10.8. The Balaban J connectivity index is 2.20. The van der Waals surface area contributed by atoms with Gasteiger partial charge in [-0.25, -0.2) is 8.42 Å². The molecule has 80 valence electrons. The van der Waals surface area contributed by atoms with Gasteiger partial charge >= 0.3 is 0 Å². The van der Waals surface area contributed by atoms with E-state index in [1.54, 1.807) is 0 Å². The Morgan fingerprint density at radius 1 is 1.36 bits per heavy atom. The summed E-state index contributed by atoms with van der Waals surface area (Å²) in [7, 11) is -2.71. The molecule has 0 saturated carbocycles. The first-order valence-electron chi connectivity index (χ1n) is 4.72. The molecule has 4 heteroatoms. The summed E-state index contributed by atoms with van der Waals surface area (Å²) in [6.07, 6.45) is 0. The Labute approximate surface area is 86.2 Å². The van der Waals surface area contributed by atoms with Crippen molar-refractivity contribution in [1.29, 1.82) is 0 Å². The summed E-state index contributed by atoms with van der Waals surface area (Å²) >= 11 is 0. The molecule has 0 aromatic carbocycles. The molecule has 1 heterocycles. The van der Waals surface area contributed by atoms with E-state index in [9.17, 15) is 8.42 Å². The van der Waals surface area contributed by atoms with Crippen LogP contribution in [0.25, 0.3) is 0 Å². The maximum Gasteiger partial charge on any atom is 0.153 e. The molecule has 1 aliphatic heterocycles. The minimum Gasteiger partial charge on any atom is -0.301 e. The summed E-state index contributed by atoms with van der Waals surface area (Å²) in [6.45, 7) is 6.73. The molecule has 0 radical (unpaired) electrons. The van der Waals surface area contributed by atoms with E-state index < -0.39 is 9.84 Å². The quantitative estimate of drug-likeness (QED) is 0.679. The molecule has 0 aromatic rings. The smallest absolute Gasteiger partial charge is 0.153 e. The number of sulfone groups is 1. The van der Waals surface area contributed by atoms with Gasteiger partial charge in [-0.2, -0.15) is 0 Å². The van der Waals surface area contributed by atoms with E-state index in [1.165, 1.54) is 0 Å². The van der Waals surface area contributed by atoms with Crippen LogP contribution in [-0.4, -0.2) is 32.5 Å². The molecule has 0 aliphatic carbocycles. The molecule has 1 aliphatic rings. The zero-order valence-corrected chi connectivity index (χ0v) is 9.74. The Hall–Kier alpha value is -0.530. The number of hydrogen-bond donors (Lipinski definition) is 1. The summed E-state index contributed by atoms with van der Waals surface area (Å²) in [4.78, 5) is 0. The molecule has 0 amide bonds. The zero-order chi connectivity index (χ0) is 10.8. The fraction of sp³-hybridized carbons (Fsp3) is 0.800. The largest absolute Gasteiger partial charge is 0.301 e. The van der Waals surface area contributed by atoms with Crippen molar-refractivity contribution in [2.75, 3.05) is 18.1 Å². The highest BCUT2D eigenvalue weighted by atomic mass is 32.2. The van der Waals surface area contributed by atoms with Gasteiger partial charge < -0.3 is 5.32 Å². The van der Waals surface area contributed by atoms with Crippen LogP contribution in [0.3, 0.4) is 0 Å². The second-order valence-corrected chi connectivity index (χ2v) is 6.86. The van der Waals surface area contributed by atoms with Crippen molar-refractivity contribution in [3.8, 4) is 11.8 Å². The molecular formula is C10H17NO2S. The van der Waals surface area contributed by atoms with E-state index in [1.807, 2.05) is 20.8 Å². The molecule has 1 saturated heterocycles. The highest BCUT2D eigenvalue weighted by Gasteiger charge is 2.32. The van der Waals surface area contributed by atoms with Crippen LogP contribution >= 0.6 is 0 Å². The van der Waals surface area contributed by atoms with Gasteiger partial charge in [0, 0.05) is 11.5 Å². The first kappa shape index (κ1) is 11.5. The number of nitrogens with one attached hydrogen (secondary N) is 1. The summed E-state index contributed by atoms with van der Waals surface area (Å²) in [5, 5.41) is 3.09. The normalized spacial score (nSPS) is 20.8. The lowest BCUT2D eigenvalue weighted by Crippen LogP contribution is -2.51. The minimum absolute atomic E-state index is 0.0212. The Morgan fingerprint density at radius 2 is 1.93 bits per heavy atom. The van der Waals surface area contributed by atoms with Gasteiger partial charge in [-0.1, -0.05) is 11.8 Å². The first-order valence-corrected chi connectivity index (χ1v) is 6.54. The highest BCUT2D eigenvalue weighted by molar-refractivity contribution is 7.92. The van der Waals surface area contributed by atoms with Gasteiger partial charge in [0.15, 0.2) is 9.84 Å². The van der Waals surface area contributed by atoms with Crippen LogP contribution < -0.4 is 5.32 Å². The molecule has 0 spiro atoms. The predicted molar refractivity (Wildman–Crippen MR) is 57.7 cm³/mol. The predicted octanol–water partition coefficient (Wildman–Crippen LogP) is 0.422. The van der Waals surface area contributed by atoms with Crippen LogP contribution in [0.15, 0.2) is 0 Å². The molecule has 0 aromatic heterocycles. The average Bonchev–Trinajstić information content (AvgIpc) is 1.92. The van der Waals surface area contributed by atoms with Gasteiger partial charge in [-0.15, -0.1) is 0 Å². The SMILES string of the molecule is CC(C)(C)C#CCNC1CS(=O)(=O)C1. The van der Waals surface area contributed by atoms with Gasteiger partial charge in [0.05, 0.1) is 18.1 Å². The van der Waals surface area contributed by atoms with Crippen LogP contribution in [0, 0.1) is 17.3 Å². The second-order valence-electron chi connectivity index (χ2n) is 4.71. The zero-order valence-electron chi connectivity index (χ0n) is 8.92. The molecule has 0 unspecified atom stereocenters. The molecule has 1 rings (SSSR count). The van der Waals surface area contributed by atoms with Crippen LogP contribution in [0.2, 0.25) is 0 Å². The lowest BCUT2D eigenvalue weighted by Gasteiger charge is -2.25. The van der Waals surface area contributed by atoms with Gasteiger partial charge in [0.2, 0.25) is 0 Å². The number of hydrogen-bond acceptors (Lipinski definition) is 3. The van der Waals surface area contributed by atoms with E-state index in [4.69, 9.17) is 0 Å². The molecule has 0 atom stereocenters. The molecule has 14 heavy (non-hydrogen) atoms. The van der Waals surface area contributed by atoms with Crippen LogP contribution in [0.1, 0.15) is 20.8 Å². The van der Waals surface area contributed by atoms with Gasteiger partial charge in [-0.05, 0) is 20.8 Å². The van der Waals surface area contributed by atoms with E-state index >= 15 is 0 Å². The topological polar surface area (TPSA) is 46.2 Å². The Morgan fingerprint density at radius 3 is 2.36 bits per heavy atom. The summed E-state index contributed by atoms with van der Waals surface area (Å²) in [5.74, 6) is 6.62. The maximum atomic E-state index is 10.8. The highest BCUT2D eigenvalue weighted by Crippen LogP contribution is 2.10. The van der Waals surface area contributed by atoms with E-state index in [-0.39, 0.29) is 23.0 Å². The Kier molecular flexibility index (Phi) is 3.23. The lowest BCUT2D eigenvalue weighted by atomic mass is 9.98. The fourth-order valence-electron chi connectivity index (χ4n) is 1.19. The van der Waals surface area contributed by atoms with Gasteiger partial charge in [0.1, 0.15) is 0 Å². The van der Waals surface area contributed by atoms with Crippen LogP contribution in [0.4, 0.5) is 0 Å². The Bertz CT molecular complexity index is 342. The van der Waals surface area contributed by atoms with Crippen molar-refractivity contribution in [2.45, 2.75) is 26.8 Å². The lowest BCUT2D eigenvalue weighted by molar-refractivity contribution is 0.528. The van der Waals surface area contributed by atoms with Crippen molar-refractivity contribution >= 4 is 9.84 Å². The molecule has 1 N–H and O–H groups in total. The minimum atomic E-state index is -2.71. The summed E-state index contributed by atoms with van der Waals surface area (Å²) in [6, 6.07) is 0.120. The van der Waals surface area contributed by atoms with Gasteiger partial charge in [-0.3, -0.25) is 0 Å².